The zero-order valence-electron chi connectivity index (χ0n) is 13.0. The first-order valence-electron chi connectivity index (χ1n) is 7.45. The molecule has 122 valence electrons. The van der Waals surface area contributed by atoms with Gasteiger partial charge < -0.3 is 15.5 Å². The standard InChI is InChI=1S/C18H16N2O3S/c1-2-11-3-6-13(7-4-11)19-18-20-17(23)16(24-18)10-12-5-8-14(21)15(22)9-12/h3-10,21-22H,2H2,1H3,(H,19,20,23)/b16-10-. The summed E-state index contributed by atoms with van der Waals surface area (Å²) in [5.74, 6) is -0.660. The Balaban J connectivity index is 1.80. The fourth-order valence-corrected chi connectivity index (χ4v) is 3.03. The van der Waals surface area contributed by atoms with Crippen molar-refractivity contribution in [2.75, 3.05) is 0 Å². The van der Waals surface area contributed by atoms with Gasteiger partial charge in [0, 0.05) is 0 Å². The number of hydrogen-bond donors (Lipinski definition) is 3. The summed E-state index contributed by atoms with van der Waals surface area (Å²) < 4.78 is 0. The van der Waals surface area contributed by atoms with Gasteiger partial charge in [0.05, 0.1) is 10.6 Å². The average molecular weight is 340 g/mol. The summed E-state index contributed by atoms with van der Waals surface area (Å²) in [6, 6.07) is 12.2. The van der Waals surface area contributed by atoms with Crippen molar-refractivity contribution in [2.24, 2.45) is 4.99 Å². The summed E-state index contributed by atoms with van der Waals surface area (Å²) in [7, 11) is 0. The zero-order chi connectivity index (χ0) is 17.1. The second-order valence-electron chi connectivity index (χ2n) is 5.25. The van der Waals surface area contributed by atoms with Gasteiger partial charge in [0.2, 0.25) is 0 Å². The monoisotopic (exact) mass is 340 g/mol. The van der Waals surface area contributed by atoms with Crippen molar-refractivity contribution in [3.05, 3.63) is 58.5 Å². The van der Waals surface area contributed by atoms with Gasteiger partial charge in [-0.1, -0.05) is 25.1 Å². The highest BCUT2D eigenvalue weighted by Gasteiger charge is 2.23. The maximum absolute atomic E-state index is 12.0. The van der Waals surface area contributed by atoms with E-state index in [4.69, 9.17) is 0 Å². The van der Waals surface area contributed by atoms with Gasteiger partial charge in [0.15, 0.2) is 16.7 Å². The van der Waals surface area contributed by atoms with Gasteiger partial charge in [0.25, 0.3) is 5.91 Å². The molecule has 24 heavy (non-hydrogen) atoms. The van der Waals surface area contributed by atoms with Crippen molar-refractivity contribution < 1.29 is 15.0 Å². The van der Waals surface area contributed by atoms with Crippen LogP contribution >= 0.6 is 11.8 Å². The highest BCUT2D eigenvalue weighted by Crippen LogP contribution is 2.30. The molecule has 1 aliphatic rings. The smallest absolute Gasteiger partial charge is 0.264 e. The first-order chi connectivity index (χ1) is 11.5. The van der Waals surface area contributed by atoms with Crippen molar-refractivity contribution in [3.8, 4) is 11.5 Å². The molecule has 1 aliphatic heterocycles. The number of amides is 1. The first kappa shape index (κ1) is 16.1. The van der Waals surface area contributed by atoms with Crippen molar-refractivity contribution in [1.29, 1.82) is 0 Å². The van der Waals surface area contributed by atoms with Gasteiger partial charge in [-0.15, -0.1) is 0 Å². The Morgan fingerprint density at radius 2 is 1.88 bits per heavy atom. The third-order valence-corrected chi connectivity index (χ3v) is 4.43. The second kappa shape index (κ2) is 6.80. The molecule has 3 N–H and O–H groups in total. The Morgan fingerprint density at radius 1 is 1.12 bits per heavy atom. The van der Waals surface area contributed by atoms with E-state index in [0.717, 1.165) is 12.1 Å². The molecule has 5 nitrogen and oxygen atoms in total. The van der Waals surface area contributed by atoms with Crippen LogP contribution in [0.2, 0.25) is 0 Å². The molecule has 6 heteroatoms. The molecule has 0 bridgehead atoms. The van der Waals surface area contributed by atoms with Crippen LogP contribution in [0.5, 0.6) is 11.5 Å². The lowest BCUT2D eigenvalue weighted by molar-refractivity contribution is -0.115. The van der Waals surface area contributed by atoms with Gasteiger partial charge in [-0.3, -0.25) is 4.79 Å². The topological polar surface area (TPSA) is 81.9 Å². The predicted octanol–water partition coefficient (Wildman–Crippen LogP) is 3.55. The molecular weight excluding hydrogens is 324 g/mol. The number of hydrogen-bond acceptors (Lipinski definition) is 5. The number of aliphatic imine (C=N–C) groups is 1. The van der Waals surface area contributed by atoms with Crippen molar-refractivity contribution in [2.45, 2.75) is 13.3 Å². The number of thioether (sulfide) groups is 1. The maximum Gasteiger partial charge on any atom is 0.264 e. The van der Waals surface area contributed by atoms with Crippen molar-refractivity contribution in [3.63, 3.8) is 0 Å². The molecule has 0 radical (unpaired) electrons. The lowest BCUT2D eigenvalue weighted by Gasteiger charge is -1.99. The summed E-state index contributed by atoms with van der Waals surface area (Å²) >= 11 is 1.23. The summed E-state index contributed by atoms with van der Waals surface area (Å²) in [4.78, 5) is 16.9. The lowest BCUT2D eigenvalue weighted by Crippen LogP contribution is -2.19. The van der Waals surface area contributed by atoms with E-state index in [1.165, 1.54) is 29.5 Å². The van der Waals surface area contributed by atoms with Crippen LogP contribution in [0.4, 0.5) is 5.69 Å². The largest absolute Gasteiger partial charge is 0.504 e. The minimum atomic E-state index is -0.239. The van der Waals surface area contributed by atoms with Crippen LogP contribution in [0.1, 0.15) is 18.1 Å². The highest BCUT2D eigenvalue weighted by atomic mass is 32.2. The van der Waals surface area contributed by atoms with Gasteiger partial charge in [0.1, 0.15) is 0 Å². The van der Waals surface area contributed by atoms with E-state index in [-0.39, 0.29) is 17.4 Å². The van der Waals surface area contributed by atoms with Gasteiger partial charge in [-0.2, -0.15) is 0 Å². The summed E-state index contributed by atoms with van der Waals surface area (Å²) in [6.45, 7) is 2.09. The predicted molar refractivity (Wildman–Crippen MR) is 96.4 cm³/mol. The molecule has 0 atom stereocenters. The van der Waals surface area contributed by atoms with Crippen LogP contribution in [0.3, 0.4) is 0 Å². The number of carbonyl (C=O) groups excluding carboxylic acids is 1. The summed E-state index contributed by atoms with van der Waals surface area (Å²) in [5.41, 5.74) is 2.63. The van der Waals surface area contributed by atoms with Crippen LogP contribution in [-0.4, -0.2) is 21.3 Å². The van der Waals surface area contributed by atoms with Crippen LogP contribution < -0.4 is 5.32 Å². The minimum Gasteiger partial charge on any atom is -0.504 e. The van der Waals surface area contributed by atoms with E-state index in [9.17, 15) is 15.0 Å². The number of benzene rings is 2. The molecular formula is C18H16N2O3S. The third-order valence-electron chi connectivity index (χ3n) is 3.52. The van der Waals surface area contributed by atoms with E-state index in [0.29, 0.717) is 15.6 Å². The Hall–Kier alpha value is -2.73. The van der Waals surface area contributed by atoms with E-state index in [1.54, 1.807) is 12.1 Å². The number of nitrogens with one attached hydrogen (secondary N) is 1. The fraction of sp³-hybridized carbons (Fsp3) is 0.111. The molecule has 0 aliphatic carbocycles. The quantitative estimate of drug-likeness (QED) is 0.589. The molecule has 1 saturated heterocycles. The van der Waals surface area contributed by atoms with Crippen LogP contribution in [0.15, 0.2) is 52.4 Å². The molecule has 2 aromatic carbocycles. The number of aryl methyl sites for hydroxylation is 1. The summed E-state index contributed by atoms with van der Waals surface area (Å²) in [6.07, 6.45) is 2.61. The number of phenolic OH excluding ortho intramolecular Hbond substituents is 2. The third kappa shape index (κ3) is 3.60. The molecule has 1 fully saturated rings. The molecule has 1 heterocycles. The van der Waals surface area contributed by atoms with E-state index >= 15 is 0 Å². The fourth-order valence-electron chi connectivity index (χ4n) is 2.19. The number of aromatic hydroxyl groups is 2. The van der Waals surface area contributed by atoms with Gasteiger partial charge in [-0.25, -0.2) is 4.99 Å². The molecule has 2 aromatic rings. The highest BCUT2D eigenvalue weighted by molar-refractivity contribution is 8.18. The first-order valence-corrected chi connectivity index (χ1v) is 8.27. The Morgan fingerprint density at radius 3 is 2.54 bits per heavy atom. The minimum absolute atomic E-state index is 0.196. The zero-order valence-corrected chi connectivity index (χ0v) is 13.8. The average Bonchev–Trinajstić information content (AvgIpc) is 2.91. The Kier molecular flexibility index (Phi) is 4.57. The Labute approximate surface area is 143 Å². The van der Waals surface area contributed by atoms with Gasteiger partial charge in [-0.05, 0) is 59.7 Å². The molecule has 0 unspecified atom stereocenters. The number of amidine groups is 1. The Bertz CT molecular complexity index is 842. The molecule has 1 amide bonds. The number of nitrogens with zero attached hydrogens (tertiary/aromatic N) is 1. The SMILES string of the molecule is CCc1ccc(N=C2NC(=O)/C(=C/c3ccc(O)c(O)c3)S2)cc1. The molecule has 0 aromatic heterocycles. The van der Waals surface area contributed by atoms with E-state index in [1.807, 2.05) is 24.3 Å². The number of phenols is 2. The molecule has 0 spiro atoms. The normalized spacial score (nSPS) is 17.5. The number of rotatable bonds is 3. The van der Waals surface area contributed by atoms with Gasteiger partial charge >= 0.3 is 0 Å². The van der Waals surface area contributed by atoms with Crippen LogP contribution in [-0.2, 0) is 11.2 Å². The van der Waals surface area contributed by atoms with E-state index < -0.39 is 0 Å². The maximum atomic E-state index is 12.0. The van der Waals surface area contributed by atoms with Crippen LogP contribution in [0.25, 0.3) is 6.08 Å². The second-order valence-corrected chi connectivity index (χ2v) is 6.28. The number of carbonyl (C=O) groups is 1. The lowest BCUT2D eigenvalue weighted by atomic mass is 10.2. The van der Waals surface area contributed by atoms with E-state index in [2.05, 4.69) is 17.2 Å². The van der Waals surface area contributed by atoms with Crippen molar-refractivity contribution in [1.82, 2.24) is 5.32 Å². The summed E-state index contributed by atoms with van der Waals surface area (Å²) in [5, 5.41) is 22.1. The van der Waals surface area contributed by atoms with Crippen molar-refractivity contribution >= 4 is 34.6 Å². The van der Waals surface area contributed by atoms with Crippen LogP contribution in [0, 0.1) is 0 Å². The molecule has 3 rings (SSSR count). The molecule has 0 saturated carbocycles.